The Hall–Kier alpha value is -3.08. The summed E-state index contributed by atoms with van der Waals surface area (Å²) in [5.74, 6) is -1.10. The van der Waals surface area contributed by atoms with Gasteiger partial charge in [-0.3, -0.25) is 4.79 Å². The van der Waals surface area contributed by atoms with Gasteiger partial charge in [0.25, 0.3) is 5.91 Å². The Bertz CT molecular complexity index is 753. The van der Waals surface area contributed by atoms with Gasteiger partial charge in [-0.25, -0.2) is 4.79 Å². The molecule has 0 aliphatic carbocycles. The van der Waals surface area contributed by atoms with Crippen LogP contribution < -0.4 is 10.1 Å². The molecule has 2 rings (SSSR count). The topological polar surface area (TPSA) is 75.6 Å². The highest BCUT2D eigenvalue weighted by atomic mass is 16.5. The van der Waals surface area contributed by atoms with Crippen LogP contribution in [-0.2, 0) is 4.79 Å². The van der Waals surface area contributed by atoms with Gasteiger partial charge in [0.2, 0.25) is 0 Å². The van der Waals surface area contributed by atoms with Crippen molar-refractivity contribution in [3.05, 3.63) is 71.4 Å². The third-order valence-electron chi connectivity index (χ3n) is 3.49. The molecule has 0 heterocycles. The van der Waals surface area contributed by atoms with Crippen LogP contribution >= 0.6 is 0 Å². The largest absolute Gasteiger partial charge is 0.493 e. The van der Waals surface area contributed by atoms with Crippen LogP contribution in [0.4, 0.5) is 0 Å². The second-order valence-electron chi connectivity index (χ2n) is 5.42. The lowest BCUT2D eigenvalue weighted by Crippen LogP contribution is -2.27. The van der Waals surface area contributed by atoms with Crippen LogP contribution in [-0.4, -0.2) is 23.6 Å². The van der Waals surface area contributed by atoms with Crippen molar-refractivity contribution in [2.45, 2.75) is 19.8 Å². The first kappa shape index (κ1) is 18.3. The van der Waals surface area contributed by atoms with Crippen LogP contribution in [0.3, 0.4) is 0 Å². The van der Waals surface area contributed by atoms with Gasteiger partial charge in [0.15, 0.2) is 0 Å². The second kappa shape index (κ2) is 9.27. The first-order valence-corrected chi connectivity index (χ1v) is 8.15. The minimum absolute atomic E-state index is 0.208. The number of nitrogens with one attached hydrogen (secondary N) is 1. The molecule has 0 aliphatic rings. The highest BCUT2D eigenvalue weighted by Gasteiger charge is 2.14. The van der Waals surface area contributed by atoms with Crippen molar-refractivity contribution >= 4 is 18.0 Å². The van der Waals surface area contributed by atoms with Gasteiger partial charge in [-0.05, 0) is 30.7 Å². The Kier molecular flexibility index (Phi) is 6.77. The number of unbranched alkanes of at least 4 members (excludes halogenated alkanes) is 1. The first-order valence-electron chi connectivity index (χ1n) is 8.15. The fraction of sp³-hybridized carbons (Fsp3) is 0.200. The zero-order chi connectivity index (χ0) is 18.1. The molecular weight excluding hydrogens is 318 g/mol. The number of para-hydroxylation sites is 1. The van der Waals surface area contributed by atoms with E-state index in [1.54, 1.807) is 48.5 Å². The zero-order valence-electron chi connectivity index (χ0n) is 14.1. The number of amides is 1. The fourth-order valence-corrected chi connectivity index (χ4v) is 2.15. The van der Waals surface area contributed by atoms with E-state index in [1.165, 1.54) is 6.08 Å². The molecule has 2 N–H and O–H groups in total. The number of hydrogen-bond donors (Lipinski definition) is 2. The molecule has 2 aromatic carbocycles. The van der Waals surface area contributed by atoms with Crippen molar-refractivity contribution in [1.82, 2.24) is 5.32 Å². The average Bonchev–Trinajstić information content (AvgIpc) is 2.63. The monoisotopic (exact) mass is 339 g/mol. The molecule has 0 spiro atoms. The van der Waals surface area contributed by atoms with Gasteiger partial charge in [0.1, 0.15) is 11.4 Å². The minimum atomic E-state index is -1.22. The molecule has 1 amide bonds. The quantitative estimate of drug-likeness (QED) is 0.568. The van der Waals surface area contributed by atoms with Crippen LogP contribution in [0.5, 0.6) is 5.75 Å². The lowest BCUT2D eigenvalue weighted by molar-refractivity contribution is -0.132. The molecule has 25 heavy (non-hydrogen) atoms. The minimum Gasteiger partial charge on any atom is -0.493 e. The van der Waals surface area contributed by atoms with E-state index in [-0.39, 0.29) is 5.70 Å². The lowest BCUT2D eigenvalue weighted by atomic mass is 10.1. The summed E-state index contributed by atoms with van der Waals surface area (Å²) in [5.41, 5.74) is 0.784. The van der Waals surface area contributed by atoms with Gasteiger partial charge in [-0.2, -0.15) is 0 Å². The second-order valence-corrected chi connectivity index (χ2v) is 5.42. The van der Waals surface area contributed by atoms with Crippen molar-refractivity contribution in [3.63, 3.8) is 0 Å². The standard InChI is InChI=1S/C20H21NO4/c1-2-3-13-25-18-12-8-7-11-16(18)14-17(20(23)24)21-19(22)15-9-5-4-6-10-15/h4-12,14H,2-3,13H2,1H3,(H,21,22)(H,23,24). The Morgan fingerprint density at radius 2 is 1.76 bits per heavy atom. The van der Waals surface area contributed by atoms with Crippen molar-refractivity contribution in [1.29, 1.82) is 0 Å². The summed E-state index contributed by atoms with van der Waals surface area (Å²) < 4.78 is 5.70. The molecule has 0 saturated heterocycles. The van der Waals surface area contributed by atoms with Crippen molar-refractivity contribution < 1.29 is 19.4 Å². The fourth-order valence-electron chi connectivity index (χ4n) is 2.15. The number of carbonyl (C=O) groups excluding carboxylic acids is 1. The normalized spacial score (nSPS) is 11.0. The molecular formula is C20H21NO4. The van der Waals surface area contributed by atoms with E-state index in [1.807, 2.05) is 6.07 Å². The van der Waals surface area contributed by atoms with Crippen LogP contribution in [0.1, 0.15) is 35.7 Å². The Morgan fingerprint density at radius 3 is 2.44 bits per heavy atom. The maximum Gasteiger partial charge on any atom is 0.352 e. The van der Waals surface area contributed by atoms with Gasteiger partial charge in [0, 0.05) is 11.1 Å². The molecule has 0 aromatic heterocycles. The van der Waals surface area contributed by atoms with E-state index >= 15 is 0 Å². The number of aliphatic carboxylic acids is 1. The average molecular weight is 339 g/mol. The van der Waals surface area contributed by atoms with Gasteiger partial charge < -0.3 is 15.2 Å². The highest BCUT2D eigenvalue weighted by Crippen LogP contribution is 2.21. The molecule has 0 atom stereocenters. The predicted octanol–water partition coefficient (Wildman–Crippen LogP) is 3.72. The SMILES string of the molecule is CCCCOc1ccccc1C=C(NC(=O)c1ccccc1)C(=O)O. The van der Waals surface area contributed by atoms with E-state index in [9.17, 15) is 14.7 Å². The summed E-state index contributed by atoms with van der Waals surface area (Å²) in [6, 6.07) is 15.6. The lowest BCUT2D eigenvalue weighted by Gasteiger charge is -2.10. The molecule has 130 valence electrons. The molecule has 0 radical (unpaired) electrons. The van der Waals surface area contributed by atoms with E-state index in [0.29, 0.717) is 23.5 Å². The molecule has 0 fully saturated rings. The molecule has 0 aliphatic heterocycles. The molecule has 2 aromatic rings. The number of benzene rings is 2. The van der Waals surface area contributed by atoms with Gasteiger partial charge in [-0.15, -0.1) is 0 Å². The summed E-state index contributed by atoms with van der Waals surface area (Å²) in [6.07, 6.45) is 3.32. The molecule has 0 unspecified atom stereocenters. The van der Waals surface area contributed by atoms with Crippen LogP contribution in [0.25, 0.3) is 6.08 Å². The summed E-state index contributed by atoms with van der Waals surface area (Å²) in [5, 5.41) is 11.9. The van der Waals surface area contributed by atoms with E-state index in [2.05, 4.69) is 12.2 Å². The van der Waals surface area contributed by atoms with Crippen molar-refractivity contribution in [3.8, 4) is 5.75 Å². The maximum absolute atomic E-state index is 12.2. The van der Waals surface area contributed by atoms with Crippen LogP contribution in [0, 0.1) is 0 Å². The first-order chi connectivity index (χ1) is 12.1. The van der Waals surface area contributed by atoms with Crippen LogP contribution in [0.2, 0.25) is 0 Å². The highest BCUT2D eigenvalue weighted by molar-refractivity contribution is 6.02. The molecule has 0 bridgehead atoms. The third-order valence-corrected chi connectivity index (χ3v) is 3.49. The molecule has 5 heteroatoms. The van der Waals surface area contributed by atoms with Crippen LogP contribution in [0.15, 0.2) is 60.3 Å². The van der Waals surface area contributed by atoms with E-state index < -0.39 is 11.9 Å². The summed E-state index contributed by atoms with van der Waals surface area (Å²) in [6.45, 7) is 2.62. The zero-order valence-corrected chi connectivity index (χ0v) is 14.1. The van der Waals surface area contributed by atoms with Gasteiger partial charge in [0.05, 0.1) is 6.61 Å². The number of rotatable bonds is 8. The van der Waals surface area contributed by atoms with E-state index in [0.717, 1.165) is 12.8 Å². The number of carbonyl (C=O) groups is 2. The summed E-state index contributed by atoms with van der Waals surface area (Å²) in [4.78, 5) is 23.7. The Balaban J connectivity index is 2.22. The third kappa shape index (κ3) is 5.49. The summed E-state index contributed by atoms with van der Waals surface area (Å²) >= 11 is 0. The van der Waals surface area contributed by atoms with Gasteiger partial charge >= 0.3 is 5.97 Å². The number of ether oxygens (including phenoxy) is 1. The Labute approximate surface area is 146 Å². The number of carboxylic acids is 1. The Morgan fingerprint density at radius 1 is 1.08 bits per heavy atom. The molecule has 0 saturated carbocycles. The predicted molar refractivity (Wildman–Crippen MR) is 96.4 cm³/mol. The molecule has 5 nitrogen and oxygen atoms in total. The van der Waals surface area contributed by atoms with Gasteiger partial charge in [-0.1, -0.05) is 49.7 Å². The maximum atomic E-state index is 12.2. The summed E-state index contributed by atoms with van der Waals surface area (Å²) in [7, 11) is 0. The number of hydrogen-bond acceptors (Lipinski definition) is 3. The smallest absolute Gasteiger partial charge is 0.352 e. The van der Waals surface area contributed by atoms with E-state index in [4.69, 9.17) is 4.74 Å². The number of carboxylic acid groups (broad SMARTS) is 1. The van der Waals surface area contributed by atoms with Crippen molar-refractivity contribution in [2.24, 2.45) is 0 Å². The van der Waals surface area contributed by atoms with Crippen molar-refractivity contribution in [2.75, 3.05) is 6.61 Å².